The maximum absolute atomic E-state index is 11.6. The van der Waals surface area contributed by atoms with Gasteiger partial charge in [-0.25, -0.2) is 13.2 Å². The molecule has 7 nitrogen and oxygen atoms in total. The molecule has 0 heterocycles. The summed E-state index contributed by atoms with van der Waals surface area (Å²) in [5, 5.41) is 14.4. The molecule has 2 amide bonds. The highest BCUT2D eigenvalue weighted by Crippen LogP contribution is 2.35. The Hall–Kier alpha value is -1.31. The van der Waals surface area contributed by atoms with Crippen LogP contribution in [0.25, 0.3) is 0 Å². The zero-order valence-electron chi connectivity index (χ0n) is 12.4. The lowest BCUT2D eigenvalue weighted by Gasteiger charge is -2.33. The number of hydrogen-bond donors (Lipinski definition) is 3. The Bertz CT molecular complexity index is 469. The maximum Gasteiger partial charge on any atom is 0.314 e. The number of aliphatic carboxylic acids is 1. The molecule has 3 N–H and O–H groups in total. The van der Waals surface area contributed by atoms with Gasteiger partial charge in [0.15, 0.2) is 9.84 Å². The van der Waals surface area contributed by atoms with Gasteiger partial charge in [-0.2, -0.15) is 0 Å². The van der Waals surface area contributed by atoms with Crippen LogP contribution in [0.2, 0.25) is 0 Å². The molecule has 0 aliphatic heterocycles. The van der Waals surface area contributed by atoms with Gasteiger partial charge in [0.2, 0.25) is 0 Å². The highest BCUT2D eigenvalue weighted by molar-refractivity contribution is 7.91. The van der Waals surface area contributed by atoms with E-state index in [-0.39, 0.29) is 24.6 Å². The lowest BCUT2D eigenvalue weighted by molar-refractivity contribution is -0.150. The number of carboxylic acids is 1. The topological polar surface area (TPSA) is 113 Å². The van der Waals surface area contributed by atoms with Gasteiger partial charge >= 0.3 is 12.0 Å². The Balaban J connectivity index is 2.39. The Kier molecular flexibility index (Phi) is 6.44. The average molecular weight is 320 g/mol. The molecule has 0 radical (unpaired) electrons. The van der Waals surface area contributed by atoms with Crippen molar-refractivity contribution in [1.29, 1.82) is 0 Å². The Morgan fingerprint density at radius 1 is 1.14 bits per heavy atom. The van der Waals surface area contributed by atoms with Gasteiger partial charge < -0.3 is 15.7 Å². The standard InChI is InChI=1S/C13H24N2O5S/c1-2-21(19,20)9-8-14-12(18)15-10-13(11(16)17)6-4-3-5-7-13/h2-10H2,1H3,(H,16,17)(H2,14,15,18). The van der Waals surface area contributed by atoms with Crippen molar-refractivity contribution in [3.63, 3.8) is 0 Å². The van der Waals surface area contributed by atoms with Gasteiger partial charge in [0, 0.05) is 18.8 Å². The molecule has 1 fully saturated rings. The minimum atomic E-state index is -3.11. The quantitative estimate of drug-likeness (QED) is 0.641. The first-order valence-corrected chi connectivity index (χ1v) is 9.09. The molecule has 0 atom stereocenters. The van der Waals surface area contributed by atoms with E-state index < -0.39 is 27.3 Å². The number of nitrogens with one attached hydrogen (secondary N) is 2. The molecular weight excluding hydrogens is 296 g/mol. The van der Waals surface area contributed by atoms with Crippen LogP contribution >= 0.6 is 0 Å². The average Bonchev–Trinajstić information content (AvgIpc) is 2.46. The summed E-state index contributed by atoms with van der Waals surface area (Å²) in [5.41, 5.74) is -0.884. The number of carbonyl (C=O) groups excluding carboxylic acids is 1. The first kappa shape index (κ1) is 17.7. The Labute approximate surface area is 125 Å². The van der Waals surface area contributed by atoms with Crippen molar-refractivity contribution in [3.8, 4) is 0 Å². The van der Waals surface area contributed by atoms with Crippen LogP contribution in [0.3, 0.4) is 0 Å². The fourth-order valence-corrected chi connectivity index (χ4v) is 3.17. The summed E-state index contributed by atoms with van der Waals surface area (Å²) >= 11 is 0. The predicted molar refractivity (Wildman–Crippen MR) is 78.9 cm³/mol. The van der Waals surface area contributed by atoms with Crippen LogP contribution in [-0.4, -0.2) is 50.1 Å². The third kappa shape index (κ3) is 5.53. The summed E-state index contributed by atoms with van der Waals surface area (Å²) in [6.07, 6.45) is 3.85. The number of amides is 2. The second kappa shape index (κ2) is 7.63. The van der Waals surface area contributed by atoms with Crippen molar-refractivity contribution in [2.75, 3.05) is 24.6 Å². The fourth-order valence-electron chi connectivity index (χ4n) is 2.47. The van der Waals surface area contributed by atoms with Crippen molar-refractivity contribution in [3.05, 3.63) is 0 Å². The summed E-state index contributed by atoms with van der Waals surface area (Å²) in [6, 6.07) is -0.521. The molecular formula is C13H24N2O5S. The zero-order chi connectivity index (χ0) is 15.9. The molecule has 0 bridgehead atoms. The van der Waals surface area contributed by atoms with E-state index in [1.165, 1.54) is 0 Å². The van der Waals surface area contributed by atoms with Crippen molar-refractivity contribution in [2.24, 2.45) is 5.41 Å². The molecule has 0 spiro atoms. The van der Waals surface area contributed by atoms with E-state index in [1.54, 1.807) is 6.92 Å². The molecule has 1 aliphatic rings. The largest absolute Gasteiger partial charge is 0.481 e. The van der Waals surface area contributed by atoms with E-state index in [2.05, 4.69) is 10.6 Å². The van der Waals surface area contributed by atoms with E-state index in [4.69, 9.17) is 0 Å². The number of sulfone groups is 1. The Morgan fingerprint density at radius 3 is 2.29 bits per heavy atom. The van der Waals surface area contributed by atoms with E-state index in [1.807, 2.05) is 0 Å². The SMILES string of the molecule is CCS(=O)(=O)CCNC(=O)NCC1(C(=O)O)CCCCC1. The fraction of sp³-hybridized carbons (Fsp3) is 0.846. The normalized spacial score (nSPS) is 18.0. The van der Waals surface area contributed by atoms with Gasteiger partial charge in [-0.1, -0.05) is 26.2 Å². The van der Waals surface area contributed by atoms with Crippen LogP contribution in [0.15, 0.2) is 0 Å². The maximum atomic E-state index is 11.6. The molecule has 0 aromatic rings. The van der Waals surface area contributed by atoms with Crippen molar-refractivity contribution in [1.82, 2.24) is 10.6 Å². The zero-order valence-corrected chi connectivity index (χ0v) is 13.2. The van der Waals surface area contributed by atoms with E-state index >= 15 is 0 Å². The molecule has 1 saturated carbocycles. The third-order valence-corrected chi connectivity index (χ3v) is 5.70. The van der Waals surface area contributed by atoms with E-state index in [0.717, 1.165) is 19.3 Å². The summed E-state index contributed by atoms with van der Waals surface area (Å²) in [6.45, 7) is 1.66. The van der Waals surface area contributed by atoms with Gasteiger partial charge in [0.1, 0.15) is 0 Å². The first-order chi connectivity index (χ1) is 9.81. The summed E-state index contributed by atoms with van der Waals surface area (Å²) in [4.78, 5) is 23.0. The number of rotatable bonds is 7. The molecule has 21 heavy (non-hydrogen) atoms. The second-order valence-corrected chi connectivity index (χ2v) is 7.96. The van der Waals surface area contributed by atoms with Gasteiger partial charge in [-0.3, -0.25) is 4.79 Å². The van der Waals surface area contributed by atoms with Crippen LogP contribution in [-0.2, 0) is 14.6 Å². The molecule has 1 aliphatic carbocycles. The number of carbonyl (C=O) groups is 2. The van der Waals surface area contributed by atoms with Crippen molar-refractivity contribution >= 4 is 21.8 Å². The van der Waals surface area contributed by atoms with Crippen LogP contribution < -0.4 is 10.6 Å². The van der Waals surface area contributed by atoms with Gasteiger partial charge in [-0.05, 0) is 12.8 Å². The molecule has 0 unspecified atom stereocenters. The number of hydrogen-bond acceptors (Lipinski definition) is 4. The summed E-state index contributed by atoms with van der Waals surface area (Å²) in [7, 11) is -3.11. The smallest absolute Gasteiger partial charge is 0.314 e. The molecule has 0 aromatic carbocycles. The van der Waals surface area contributed by atoms with Gasteiger partial charge in [0.05, 0.1) is 11.2 Å². The summed E-state index contributed by atoms with van der Waals surface area (Å²) in [5.74, 6) is -0.949. The van der Waals surface area contributed by atoms with Crippen LogP contribution in [0.1, 0.15) is 39.0 Å². The first-order valence-electron chi connectivity index (χ1n) is 7.27. The number of urea groups is 1. The van der Waals surface area contributed by atoms with Gasteiger partial charge in [0.25, 0.3) is 0 Å². The molecule has 122 valence electrons. The van der Waals surface area contributed by atoms with Crippen LogP contribution in [0.4, 0.5) is 4.79 Å². The highest BCUT2D eigenvalue weighted by Gasteiger charge is 2.39. The highest BCUT2D eigenvalue weighted by atomic mass is 32.2. The van der Waals surface area contributed by atoms with Crippen LogP contribution in [0.5, 0.6) is 0 Å². The lowest BCUT2D eigenvalue weighted by atomic mass is 9.74. The molecule has 8 heteroatoms. The molecule has 0 saturated heterocycles. The number of carboxylic acid groups (broad SMARTS) is 1. The minimum Gasteiger partial charge on any atom is -0.481 e. The van der Waals surface area contributed by atoms with E-state index in [0.29, 0.717) is 12.8 Å². The molecule has 1 rings (SSSR count). The Morgan fingerprint density at radius 2 is 1.76 bits per heavy atom. The molecule has 0 aromatic heterocycles. The lowest BCUT2D eigenvalue weighted by Crippen LogP contribution is -2.47. The second-order valence-electron chi connectivity index (χ2n) is 5.49. The van der Waals surface area contributed by atoms with E-state index in [9.17, 15) is 23.1 Å². The third-order valence-electron chi connectivity index (χ3n) is 3.99. The predicted octanol–water partition coefficient (Wildman–Crippen LogP) is 0.755. The van der Waals surface area contributed by atoms with Gasteiger partial charge in [-0.15, -0.1) is 0 Å². The van der Waals surface area contributed by atoms with Crippen LogP contribution in [0, 0.1) is 5.41 Å². The van der Waals surface area contributed by atoms with Crippen molar-refractivity contribution in [2.45, 2.75) is 39.0 Å². The minimum absolute atomic E-state index is 0.0298. The monoisotopic (exact) mass is 320 g/mol. The summed E-state index contributed by atoms with van der Waals surface area (Å²) < 4.78 is 22.6. The van der Waals surface area contributed by atoms with Crippen molar-refractivity contribution < 1.29 is 23.1 Å².